The maximum absolute atomic E-state index is 9.68. The lowest BCUT2D eigenvalue weighted by atomic mass is 10.2. The molecule has 0 aliphatic rings. The lowest BCUT2D eigenvalue weighted by Gasteiger charge is -1.85. The maximum atomic E-state index is 9.68. The smallest absolute Gasteiger partial charge is 0.119 e. The molecule has 0 aromatic rings. The first-order valence-electron chi connectivity index (χ1n) is 2.85. The van der Waals surface area contributed by atoms with Gasteiger partial charge in [-0.1, -0.05) is 27.2 Å². The van der Waals surface area contributed by atoms with E-state index in [-0.39, 0.29) is 7.43 Å². The summed E-state index contributed by atoms with van der Waals surface area (Å²) in [5, 5.41) is 0. The van der Waals surface area contributed by atoms with Crippen molar-refractivity contribution in [2.45, 2.75) is 40.0 Å². The highest BCUT2D eigenvalue weighted by molar-refractivity contribution is 5.48. The summed E-state index contributed by atoms with van der Waals surface area (Å²) in [6, 6.07) is 0. The van der Waals surface area contributed by atoms with E-state index >= 15 is 0 Å². The van der Waals surface area contributed by atoms with Crippen LogP contribution in [0.5, 0.6) is 0 Å². The van der Waals surface area contributed by atoms with Crippen molar-refractivity contribution in [2.24, 2.45) is 0 Å². The predicted octanol–water partition coefficient (Wildman–Crippen LogP) is 2.40. The van der Waals surface area contributed by atoms with E-state index in [9.17, 15) is 4.79 Å². The molecule has 0 fully saturated rings. The molecule has 0 aromatic heterocycles. The molecule has 0 spiro atoms. The average molecular weight is 116 g/mol. The third kappa shape index (κ3) is 9.18. The Hall–Kier alpha value is -0.330. The molecule has 0 heterocycles. The van der Waals surface area contributed by atoms with E-state index in [4.69, 9.17) is 0 Å². The van der Waals surface area contributed by atoms with E-state index in [1.54, 1.807) is 0 Å². The van der Waals surface area contributed by atoms with Crippen molar-refractivity contribution in [2.75, 3.05) is 0 Å². The van der Waals surface area contributed by atoms with E-state index in [1.807, 2.05) is 0 Å². The Morgan fingerprint density at radius 2 is 2.00 bits per heavy atom. The third-order valence-corrected chi connectivity index (χ3v) is 0.926. The number of carbonyl (C=O) groups is 1. The Balaban J connectivity index is 0. The summed E-state index contributed by atoms with van der Waals surface area (Å²) in [7, 11) is 0. The van der Waals surface area contributed by atoms with Crippen LogP contribution in [0.2, 0.25) is 0 Å². The fraction of sp³-hybridized carbons (Fsp3) is 0.857. The molecule has 0 bridgehead atoms. The van der Waals surface area contributed by atoms with E-state index in [0.29, 0.717) is 0 Å². The Kier molecular flexibility index (Phi) is 13.0. The van der Waals surface area contributed by atoms with Crippen LogP contribution in [-0.4, -0.2) is 6.29 Å². The molecular formula is C7H16O. The quantitative estimate of drug-likeness (QED) is 0.407. The maximum Gasteiger partial charge on any atom is 0.119 e. The predicted molar refractivity (Wildman–Crippen MR) is 36.9 cm³/mol. The number of unbranched alkanes of at least 4 members (excludes halogenated alkanes) is 3. The van der Waals surface area contributed by atoms with Crippen LogP contribution in [0, 0.1) is 0 Å². The molecule has 0 aromatic carbocycles. The topological polar surface area (TPSA) is 17.1 Å². The van der Waals surface area contributed by atoms with Gasteiger partial charge in [-0.3, -0.25) is 0 Å². The third-order valence-electron chi connectivity index (χ3n) is 0.926. The van der Waals surface area contributed by atoms with Crippen LogP contribution in [0.25, 0.3) is 0 Å². The molecule has 50 valence electrons. The van der Waals surface area contributed by atoms with Crippen LogP contribution in [-0.2, 0) is 4.79 Å². The van der Waals surface area contributed by atoms with Crippen molar-refractivity contribution < 1.29 is 4.79 Å². The molecule has 0 amide bonds. The first kappa shape index (κ1) is 10.6. The minimum Gasteiger partial charge on any atom is -0.303 e. The Labute approximate surface area is 52.1 Å². The van der Waals surface area contributed by atoms with Crippen LogP contribution in [0.15, 0.2) is 0 Å². The highest BCUT2D eigenvalue weighted by Crippen LogP contribution is 1.94. The minimum absolute atomic E-state index is 0. The number of carbonyl (C=O) groups excluding carboxylic acids is 1. The van der Waals surface area contributed by atoms with Gasteiger partial charge in [0.1, 0.15) is 6.29 Å². The Morgan fingerprint density at radius 3 is 2.38 bits per heavy atom. The largest absolute Gasteiger partial charge is 0.303 e. The number of rotatable bonds is 4. The Morgan fingerprint density at radius 1 is 1.38 bits per heavy atom. The highest BCUT2D eigenvalue weighted by atomic mass is 16.1. The van der Waals surface area contributed by atoms with Crippen LogP contribution < -0.4 is 0 Å². The first-order chi connectivity index (χ1) is 3.41. The molecule has 0 saturated carbocycles. The second kappa shape index (κ2) is 9.83. The zero-order chi connectivity index (χ0) is 5.54. The molecule has 1 heteroatoms. The fourth-order valence-corrected chi connectivity index (χ4v) is 0.478. The molecule has 0 aliphatic heterocycles. The number of hydrogen-bond acceptors (Lipinski definition) is 1. The average Bonchev–Trinajstić information content (AvgIpc) is 1.69. The second-order valence-electron chi connectivity index (χ2n) is 1.66. The van der Waals surface area contributed by atoms with Gasteiger partial charge in [-0.15, -0.1) is 0 Å². The van der Waals surface area contributed by atoms with Gasteiger partial charge in [-0.2, -0.15) is 0 Å². The summed E-state index contributed by atoms with van der Waals surface area (Å²) >= 11 is 0. The monoisotopic (exact) mass is 116 g/mol. The van der Waals surface area contributed by atoms with E-state index in [1.165, 1.54) is 12.8 Å². The zero-order valence-electron chi connectivity index (χ0n) is 4.81. The lowest BCUT2D eigenvalue weighted by Crippen LogP contribution is -1.73. The SMILES string of the molecule is C.CCCCCC=O. The fourth-order valence-electron chi connectivity index (χ4n) is 0.478. The van der Waals surface area contributed by atoms with Gasteiger partial charge in [0.2, 0.25) is 0 Å². The molecule has 0 saturated heterocycles. The summed E-state index contributed by atoms with van der Waals surface area (Å²) in [5.74, 6) is 0. The normalized spacial score (nSPS) is 7.62. The van der Waals surface area contributed by atoms with Gasteiger partial charge in [0, 0.05) is 6.42 Å². The van der Waals surface area contributed by atoms with Crippen molar-refractivity contribution in [1.82, 2.24) is 0 Å². The summed E-state index contributed by atoms with van der Waals surface area (Å²) in [6.07, 6.45) is 5.19. The van der Waals surface area contributed by atoms with Crippen molar-refractivity contribution in [3.05, 3.63) is 0 Å². The molecule has 0 radical (unpaired) electrons. The summed E-state index contributed by atoms with van der Waals surface area (Å²) in [6.45, 7) is 2.13. The summed E-state index contributed by atoms with van der Waals surface area (Å²) in [5.41, 5.74) is 0. The molecule has 0 N–H and O–H groups in total. The lowest BCUT2D eigenvalue weighted by molar-refractivity contribution is -0.107. The van der Waals surface area contributed by atoms with Crippen molar-refractivity contribution in [3.63, 3.8) is 0 Å². The van der Waals surface area contributed by atoms with Gasteiger partial charge in [-0.25, -0.2) is 0 Å². The van der Waals surface area contributed by atoms with Crippen molar-refractivity contribution in [3.8, 4) is 0 Å². The zero-order valence-corrected chi connectivity index (χ0v) is 4.81. The highest BCUT2D eigenvalue weighted by Gasteiger charge is 1.80. The van der Waals surface area contributed by atoms with Crippen LogP contribution in [0.1, 0.15) is 40.0 Å². The minimum atomic E-state index is 0. The summed E-state index contributed by atoms with van der Waals surface area (Å²) < 4.78 is 0. The standard InChI is InChI=1S/C6H12O.CH4/c1-2-3-4-5-6-7;/h6H,2-5H2,1H3;1H4. The molecule has 0 atom stereocenters. The van der Waals surface area contributed by atoms with E-state index in [0.717, 1.165) is 19.1 Å². The van der Waals surface area contributed by atoms with Gasteiger partial charge in [0.25, 0.3) is 0 Å². The van der Waals surface area contributed by atoms with Gasteiger partial charge in [0.15, 0.2) is 0 Å². The van der Waals surface area contributed by atoms with Gasteiger partial charge >= 0.3 is 0 Å². The van der Waals surface area contributed by atoms with Gasteiger partial charge in [-0.05, 0) is 6.42 Å². The van der Waals surface area contributed by atoms with Crippen LogP contribution in [0.4, 0.5) is 0 Å². The molecule has 8 heavy (non-hydrogen) atoms. The van der Waals surface area contributed by atoms with E-state index < -0.39 is 0 Å². The van der Waals surface area contributed by atoms with Gasteiger partial charge < -0.3 is 4.79 Å². The molecule has 0 unspecified atom stereocenters. The second-order valence-corrected chi connectivity index (χ2v) is 1.66. The number of hydrogen-bond donors (Lipinski definition) is 0. The van der Waals surface area contributed by atoms with Crippen LogP contribution >= 0.6 is 0 Å². The van der Waals surface area contributed by atoms with Crippen molar-refractivity contribution >= 4 is 6.29 Å². The molecule has 0 aliphatic carbocycles. The van der Waals surface area contributed by atoms with E-state index in [2.05, 4.69) is 6.92 Å². The summed E-state index contributed by atoms with van der Waals surface area (Å²) in [4.78, 5) is 9.68. The van der Waals surface area contributed by atoms with Crippen LogP contribution in [0.3, 0.4) is 0 Å². The first-order valence-corrected chi connectivity index (χ1v) is 2.85. The number of aldehydes is 1. The van der Waals surface area contributed by atoms with Gasteiger partial charge in [0.05, 0.1) is 0 Å². The Bertz CT molecular complexity index is 41.7. The van der Waals surface area contributed by atoms with Crippen molar-refractivity contribution in [1.29, 1.82) is 0 Å². The molecule has 0 rings (SSSR count). The molecule has 1 nitrogen and oxygen atoms in total. The molecular weight excluding hydrogens is 100 g/mol.